The lowest BCUT2D eigenvalue weighted by molar-refractivity contribution is -0.139. The van der Waals surface area contributed by atoms with Gasteiger partial charge in [0, 0.05) is 12.1 Å². The third-order valence-corrected chi connectivity index (χ3v) is 3.66. The molecular weight excluding hydrogens is 323 g/mol. The zero-order valence-electron chi connectivity index (χ0n) is 14.7. The maximum Gasteiger partial charge on any atom is 0.261 e. The summed E-state index contributed by atoms with van der Waals surface area (Å²) in [6, 6.07) is 9.49. The van der Waals surface area contributed by atoms with E-state index in [9.17, 15) is 9.18 Å². The van der Waals surface area contributed by atoms with Crippen molar-refractivity contribution in [2.45, 2.75) is 39.5 Å². The van der Waals surface area contributed by atoms with Gasteiger partial charge in [-0.2, -0.15) is 0 Å². The Labute approximate surface area is 147 Å². The molecule has 0 aliphatic heterocycles. The lowest BCUT2D eigenvalue weighted by Gasteiger charge is -2.35. The first-order valence-corrected chi connectivity index (χ1v) is 8.03. The maximum atomic E-state index is 13.4. The number of hydrogen-bond donors (Lipinski definition) is 1. The van der Waals surface area contributed by atoms with E-state index in [1.165, 1.54) is 18.3 Å². The van der Waals surface area contributed by atoms with Gasteiger partial charge in [0.2, 0.25) is 0 Å². The number of aromatic nitrogens is 1. The van der Waals surface area contributed by atoms with E-state index in [2.05, 4.69) is 4.98 Å². The van der Waals surface area contributed by atoms with Crippen LogP contribution in [0.15, 0.2) is 42.6 Å². The molecule has 0 fully saturated rings. The summed E-state index contributed by atoms with van der Waals surface area (Å²) in [5.74, 6) is -0.0849. The quantitative estimate of drug-likeness (QED) is 0.874. The molecule has 1 heterocycles. The Morgan fingerprint density at radius 1 is 1.28 bits per heavy atom. The molecule has 0 bridgehead atoms. The minimum atomic E-state index is -0.439. The molecule has 134 valence electrons. The first-order chi connectivity index (χ1) is 11.8. The molecule has 0 aliphatic carbocycles. The zero-order chi connectivity index (χ0) is 18.4. The molecule has 6 heteroatoms. The van der Waals surface area contributed by atoms with Crippen molar-refractivity contribution < 1.29 is 19.0 Å². The van der Waals surface area contributed by atoms with Crippen LogP contribution < -0.4 is 4.74 Å². The van der Waals surface area contributed by atoms with E-state index in [0.717, 1.165) is 5.56 Å². The van der Waals surface area contributed by atoms with Crippen LogP contribution in [0, 0.1) is 5.82 Å². The van der Waals surface area contributed by atoms with Gasteiger partial charge in [-0.15, -0.1) is 0 Å². The van der Waals surface area contributed by atoms with Crippen LogP contribution in [0.4, 0.5) is 4.39 Å². The van der Waals surface area contributed by atoms with Crippen molar-refractivity contribution >= 4 is 5.91 Å². The molecule has 25 heavy (non-hydrogen) atoms. The summed E-state index contributed by atoms with van der Waals surface area (Å²) in [6.07, 6.45) is 1.47. The zero-order valence-corrected chi connectivity index (χ0v) is 14.7. The molecule has 0 saturated carbocycles. The standard InChI is InChI=1S/C19H23FN2O3/c1-19(2,3)22(11-14-5-4-6-15(20)9-14)18(24)13-25-17-8-7-16(12-23)21-10-17/h4-10,23H,11-13H2,1-3H3. The Bertz CT molecular complexity index is 711. The average molecular weight is 346 g/mol. The molecule has 1 N–H and O–H groups in total. The second kappa shape index (κ2) is 8.07. The number of aliphatic hydroxyl groups excluding tert-OH is 1. The number of aliphatic hydroxyl groups is 1. The van der Waals surface area contributed by atoms with E-state index in [4.69, 9.17) is 9.84 Å². The number of hydrogen-bond acceptors (Lipinski definition) is 4. The number of ether oxygens (including phenoxy) is 1. The average Bonchev–Trinajstić information content (AvgIpc) is 2.57. The molecule has 0 saturated heterocycles. The van der Waals surface area contributed by atoms with E-state index in [1.54, 1.807) is 29.2 Å². The van der Waals surface area contributed by atoms with Crippen LogP contribution in [0.1, 0.15) is 32.0 Å². The Morgan fingerprint density at radius 2 is 2.04 bits per heavy atom. The van der Waals surface area contributed by atoms with Gasteiger partial charge >= 0.3 is 0 Å². The predicted molar refractivity (Wildman–Crippen MR) is 92.4 cm³/mol. The lowest BCUT2D eigenvalue weighted by atomic mass is 10.0. The minimum Gasteiger partial charge on any atom is -0.482 e. The highest BCUT2D eigenvalue weighted by Gasteiger charge is 2.27. The van der Waals surface area contributed by atoms with Crippen LogP contribution in [0.5, 0.6) is 5.75 Å². The number of carbonyl (C=O) groups is 1. The summed E-state index contributed by atoms with van der Waals surface area (Å²) < 4.78 is 18.9. The second-order valence-corrected chi connectivity index (χ2v) is 6.71. The third-order valence-electron chi connectivity index (χ3n) is 3.66. The first-order valence-electron chi connectivity index (χ1n) is 8.03. The maximum absolute atomic E-state index is 13.4. The Morgan fingerprint density at radius 3 is 2.60 bits per heavy atom. The van der Waals surface area contributed by atoms with Gasteiger partial charge in [-0.25, -0.2) is 4.39 Å². The fraction of sp³-hybridized carbons (Fsp3) is 0.368. The molecule has 1 aromatic heterocycles. The summed E-state index contributed by atoms with van der Waals surface area (Å²) >= 11 is 0. The highest BCUT2D eigenvalue weighted by molar-refractivity contribution is 5.78. The van der Waals surface area contributed by atoms with Gasteiger partial charge in [0.15, 0.2) is 6.61 Å². The first kappa shape index (κ1) is 18.9. The largest absolute Gasteiger partial charge is 0.482 e. The number of nitrogens with zero attached hydrogens (tertiary/aromatic N) is 2. The summed E-state index contributed by atoms with van der Waals surface area (Å²) in [7, 11) is 0. The molecule has 5 nitrogen and oxygen atoms in total. The van der Waals surface area contributed by atoms with Crippen LogP contribution in [0.2, 0.25) is 0 Å². The number of amides is 1. The van der Waals surface area contributed by atoms with Crippen molar-refractivity contribution in [2.75, 3.05) is 6.61 Å². The van der Waals surface area contributed by atoms with Gasteiger partial charge in [-0.3, -0.25) is 9.78 Å². The molecule has 1 amide bonds. The summed E-state index contributed by atoms with van der Waals surface area (Å²) in [5.41, 5.74) is 0.810. The molecule has 2 aromatic rings. The smallest absolute Gasteiger partial charge is 0.261 e. The normalized spacial score (nSPS) is 11.2. The molecule has 0 spiro atoms. The fourth-order valence-electron chi connectivity index (χ4n) is 2.33. The molecule has 0 aliphatic rings. The molecule has 1 aromatic carbocycles. The van der Waals surface area contributed by atoms with Crippen LogP contribution in [0.3, 0.4) is 0 Å². The number of carbonyl (C=O) groups excluding carboxylic acids is 1. The summed E-state index contributed by atoms with van der Waals surface area (Å²) in [4.78, 5) is 18.3. The highest BCUT2D eigenvalue weighted by Crippen LogP contribution is 2.19. The minimum absolute atomic E-state index is 0.146. The van der Waals surface area contributed by atoms with E-state index in [0.29, 0.717) is 18.0 Å². The van der Waals surface area contributed by atoms with Crippen molar-refractivity contribution in [2.24, 2.45) is 0 Å². The number of benzene rings is 1. The van der Waals surface area contributed by atoms with Crippen LogP contribution in [0.25, 0.3) is 0 Å². The van der Waals surface area contributed by atoms with Crippen LogP contribution in [-0.4, -0.2) is 33.0 Å². The highest BCUT2D eigenvalue weighted by atomic mass is 19.1. The van der Waals surface area contributed by atoms with E-state index in [-0.39, 0.29) is 24.9 Å². The number of halogens is 1. The Balaban J connectivity index is 2.05. The Kier molecular flexibility index (Phi) is 6.09. The van der Waals surface area contributed by atoms with E-state index >= 15 is 0 Å². The van der Waals surface area contributed by atoms with E-state index < -0.39 is 5.54 Å². The molecule has 0 unspecified atom stereocenters. The monoisotopic (exact) mass is 346 g/mol. The van der Waals surface area contributed by atoms with Gasteiger partial charge in [-0.1, -0.05) is 12.1 Å². The summed E-state index contributed by atoms with van der Waals surface area (Å²) in [6.45, 7) is 5.76. The van der Waals surface area contributed by atoms with Crippen LogP contribution >= 0.6 is 0 Å². The topological polar surface area (TPSA) is 62.7 Å². The third kappa shape index (κ3) is 5.53. The number of rotatable bonds is 6. The SMILES string of the molecule is CC(C)(C)N(Cc1cccc(F)c1)C(=O)COc1ccc(CO)nc1. The van der Waals surface area contributed by atoms with Crippen molar-refractivity contribution in [1.82, 2.24) is 9.88 Å². The Hall–Kier alpha value is -2.47. The molecule has 2 rings (SSSR count). The van der Waals surface area contributed by atoms with E-state index in [1.807, 2.05) is 20.8 Å². The van der Waals surface area contributed by atoms with Gasteiger partial charge < -0.3 is 14.7 Å². The summed E-state index contributed by atoms with van der Waals surface area (Å²) in [5, 5.41) is 8.98. The van der Waals surface area contributed by atoms with Crippen molar-refractivity contribution in [3.63, 3.8) is 0 Å². The van der Waals surface area contributed by atoms with Gasteiger partial charge in [0.05, 0.1) is 18.5 Å². The number of pyridine rings is 1. The van der Waals surface area contributed by atoms with Crippen molar-refractivity contribution in [1.29, 1.82) is 0 Å². The van der Waals surface area contributed by atoms with Crippen molar-refractivity contribution in [3.05, 3.63) is 59.7 Å². The van der Waals surface area contributed by atoms with Crippen molar-refractivity contribution in [3.8, 4) is 5.75 Å². The predicted octanol–water partition coefficient (Wildman–Crippen LogP) is 2.92. The molecule has 0 radical (unpaired) electrons. The van der Waals surface area contributed by atoms with Gasteiger partial charge in [-0.05, 0) is 50.6 Å². The van der Waals surface area contributed by atoms with Gasteiger partial charge in [0.1, 0.15) is 11.6 Å². The molecular formula is C19H23FN2O3. The second-order valence-electron chi connectivity index (χ2n) is 6.71. The molecule has 0 atom stereocenters. The van der Waals surface area contributed by atoms with Gasteiger partial charge in [0.25, 0.3) is 5.91 Å². The fourth-order valence-corrected chi connectivity index (χ4v) is 2.33. The van der Waals surface area contributed by atoms with Crippen LogP contribution in [-0.2, 0) is 17.9 Å². The lowest BCUT2D eigenvalue weighted by Crippen LogP contribution is -2.47.